The predicted molar refractivity (Wildman–Crippen MR) is 108 cm³/mol. The lowest BCUT2D eigenvalue weighted by atomic mass is 9.77. The van der Waals surface area contributed by atoms with Gasteiger partial charge in [0.2, 0.25) is 11.8 Å². The van der Waals surface area contributed by atoms with Crippen molar-refractivity contribution < 1.29 is 14.3 Å². The van der Waals surface area contributed by atoms with Crippen LogP contribution in [0.5, 0.6) is 5.75 Å². The van der Waals surface area contributed by atoms with E-state index in [1.54, 1.807) is 55.3 Å². The number of hydrogen-bond donors (Lipinski definition) is 1. The van der Waals surface area contributed by atoms with Crippen LogP contribution in [0.2, 0.25) is 0 Å². The number of ether oxygens (including phenoxy) is 1. The number of benzene rings is 1. The van der Waals surface area contributed by atoms with Crippen LogP contribution in [-0.4, -0.2) is 61.4 Å². The van der Waals surface area contributed by atoms with E-state index in [0.717, 1.165) is 12.8 Å². The molecule has 0 bridgehead atoms. The van der Waals surface area contributed by atoms with E-state index in [0.29, 0.717) is 30.2 Å². The number of amides is 2. The van der Waals surface area contributed by atoms with Crippen molar-refractivity contribution in [2.45, 2.75) is 38.1 Å². The number of rotatable bonds is 7. The number of nitrogens with zero attached hydrogens (tertiary/aromatic N) is 3. The molecule has 2 rings (SSSR count). The smallest absolute Gasteiger partial charge is 0.238 e. The zero-order chi connectivity index (χ0) is 20.7. The molecule has 152 valence electrons. The first-order valence-electron chi connectivity index (χ1n) is 9.60. The van der Waals surface area contributed by atoms with Crippen LogP contribution >= 0.6 is 0 Å². The fraction of sp³-hybridized carbons (Fsp3) is 0.571. The molecule has 1 fully saturated rings. The lowest BCUT2D eigenvalue weighted by Crippen LogP contribution is -2.53. The molecular weight excluding hydrogens is 356 g/mol. The molecule has 1 aliphatic carbocycles. The van der Waals surface area contributed by atoms with Crippen molar-refractivity contribution in [3.05, 3.63) is 24.3 Å². The van der Waals surface area contributed by atoms with Gasteiger partial charge in [-0.15, -0.1) is 0 Å². The number of hydrogen-bond acceptors (Lipinski definition) is 5. The van der Waals surface area contributed by atoms with Crippen molar-refractivity contribution in [2.24, 2.45) is 5.92 Å². The minimum Gasteiger partial charge on any atom is -0.497 e. The molecule has 28 heavy (non-hydrogen) atoms. The van der Waals surface area contributed by atoms with Gasteiger partial charge >= 0.3 is 0 Å². The zero-order valence-electron chi connectivity index (χ0n) is 17.2. The van der Waals surface area contributed by atoms with Gasteiger partial charge in [0.1, 0.15) is 11.3 Å². The number of nitriles is 1. The first kappa shape index (κ1) is 21.7. The van der Waals surface area contributed by atoms with Gasteiger partial charge in [-0.25, -0.2) is 0 Å². The van der Waals surface area contributed by atoms with Crippen molar-refractivity contribution in [3.63, 3.8) is 0 Å². The summed E-state index contributed by atoms with van der Waals surface area (Å²) in [5, 5.41) is 12.5. The van der Waals surface area contributed by atoms with Gasteiger partial charge in [0.15, 0.2) is 0 Å². The summed E-state index contributed by atoms with van der Waals surface area (Å²) in [5.41, 5.74) is -0.0891. The van der Waals surface area contributed by atoms with Crippen LogP contribution in [0.3, 0.4) is 0 Å². The van der Waals surface area contributed by atoms with Crippen LogP contribution < -0.4 is 10.1 Å². The van der Waals surface area contributed by atoms with Crippen LogP contribution in [-0.2, 0) is 9.59 Å². The van der Waals surface area contributed by atoms with Crippen LogP contribution in [0.15, 0.2) is 24.3 Å². The van der Waals surface area contributed by atoms with E-state index in [-0.39, 0.29) is 24.9 Å². The molecule has 0 heterocycles. The molecule has 7 nitrogen and oxygen atoms in total. The van der Waals surface area contributed by atoms with E-state index < -0.39 is 5.54 Å². The molecule has 1 N–H and O–H groups in total. The molecule has 1 saturated carbocycles. The Morgan fingerprint density at radius 3 is 2.57 bits per heavy atom. The summed E-state index contributed by atoms with van der Waals surface area (Å²) in [4.78, 5) is 28.2. The second kappa shape index (κ2) is 9.56. The minimum atomic E-state index is -0.729. The third-order valence-electron chi connectivity index (χ3n) is 5.50. The van der Waals surface area contributed by atoms with Gasteiger partial charge in [0, 0.05) is 18.8 Å². The van der Waals surface area contributed by atoms with E-state index in [1.165, 1.54) is 0 Å². The highest BCUT2D eigenvalue weighted by Gasteiger charge is 2.40. The fourth-order valence-electron chi connectivity index (χ4n) is 3.54. The van der Waals surface area contributed by atoms with Gasteiger partial charge in [-0.1, -0.05) is 13.0 Å². The Morgan fingerprint density at radius 1 is 1.29 bits per heavy atom. The molecule has 0 unspecified atom stereocenters. The van der Waals surface area contributed by atoms with Crippen molar-refractivity contribution in [2.75, 3.05) is 39.6 Å². The molecule has 0 atom stereocenters. The standard InChI is InChI=1S/C21H30N4O3/c1-16-8-10-21(15-22,11-9-16)25(3)20(27)14-24(2)13-19(26)23-17-6-5-7-18(12-17)28-4/h5-7,12,16H,8-11,13-14H2,1-4H3,(H,23,26). The topological polar surface area (TPSA) is 85.7 Å². The van der Waals surface area contributed by atoms with Gasteiger partial charge in [0.25, 0.3) is 0 Å². The van der Waals surface area contributed by atoms with E-state index >= 15 is 0 Å². The Kier molecular flexibility index (Phi) is 7.41. The quantitative estimate of drug-likeness (QED) is 0.778. The highest BCUT2D eigenvalue weighted by atomic mass is 16.5. The number of carbonyl (C=O) groups excluding carboxylic acids is 2. The Morgan fingerprint density at radius 2 is 1.96 bits per heavy atom. The Hall–Kier alpha value is -2.59. The first-order chi connectivity index (χ1) is 13.3. The SMILES string of the molecule is COc1cccc(NC(=O)CN(C)CC(=O)N(C)C2(C#N)CCC(C)CC2)c1. The largest absolute Gasteiger partial charge is 0.497 e. The monoisotopic (exact) mass is 386 g/mol. The number of carbonyl (C=O) groups is 2. The zero-order valence-corrected chi connectivity index (χ0v) is 17.2. The normalized spacial score (nSPS) is 21.6. The summed E-state index contributed by atoms with van der Waals surface area (Å²) in [6.45, 7) is 2.34. The molecule has 0 aromatic heterocycles. The fourth-order valence-corrected chi connectivity index (χ4v) is 3.54. The van der Waals surface area contributed by atoms with E-state index in [4.69, 9.17) is 4.74 Å². The molecule has 0 radical (unpaired) electrons. The van der Waals surface area contributed by atoms with Gasteiger partial charge in [-0.05, 0) is 50.8 Å². The minimum absolute atomic E-state index is 0.0768. The average molecular weight is 386 g/mol. The van der Waals surface area contributed by atoms with E-state index in [1.807, 2.05) is 0 Å². The molecule has 0 spiro atoms. The maximum atomic E-state index is 12.7. The summed E-state index contributed by atoms with van der Waals surface area (Å²) in [6, 6.07) is 9.48. The molecule has 0 aliphatic heterocycles. The second-order valence-electron chi connectivity index (χ2n) is 7.73. The highest BCUT2D eigenvalue weighted by molar-refractivity contribution is 5.92. The van der Waals surface area contributed by atoms with Crippen LogP contribution in [0.4, 0.5) is 5.69 Å². The lowest BCUT2D eigenvalue weighted by Gasteiger charge is -2.41. The van der Waals surface area contributed by atoms with Crippen LogP contribution in [0.1, 0.15) is 32.6 Å². The molecule has 7 heteroatoms. The van der Waals surface area contributed by atoms with Crippen molar-refractivity contribution >= 4 is 17.5 Å². The molecular formula is C21H30N4O3. The number of likely N-dealkylation sites (N-methyl/N-ethyl adjacent to an activating group) is 2. The summed E-state index contributed by atoms with van der Waals surface area (Å²) < 4.78 is 5.14. The number of methoxy groups -OCH3 is 1. The molecule has 1 aromatic carbocycles. The van der Waals surface area contributed by atoms with Crippen molar-refractivity contribution in [1.29, 1.82) is 5.26 Å². The Balaban J connectivity index is 1.89. The lowest BCUT2D eigenvalue weighted by molar-refractivity contribution is -0.136. The van der Waals surface area contributed by atoms with Gasteiger partial charge in [-0.3, -0.25) is 14.5 Å². The molecule has 0 saturated heterocycles. The molecule has 1 aromatic rings. The number of anilines is 1. The first-order valence-corrected chi connectivity index (χ1v) is 9.60. The second-order valence-corrected chi connectivity index (χ2v) is 7.73. The van der Waals surface area contributed by atoms with Crippen LogP contribution in [0, 0.1) is 17.2 Å². The predicted octanol–water partition coefficient (Wildman–Crippen LogP) is 2.50. The van der Waals surface area contributed by atoms with Gasteiger partial charge in [0.05, 0.1) is 26.3 Å². The van der Waals surface area contributed by atoms with Crippen molar-refractivity contribution in [1.82, 2.24) is 9.80 Å². The summed E-state index contributed by atoms with van der Waals surface area (Å²) in [6.07, 6.45) is 3.30. The number of nitrogens with one attached hydrogen (secondary N) is 1. The molecule has 2 amide bonds. The van der Waals surface area contributed by atoms with E-state index in [2.05, 4.69) is 18.3 Å². The Bertz CT molecular complexity index is 735. The van der Waals surface area contributed by atoms with Gasteiger partial charge < -0.3 is 15.0 Å². The third-order valence-corrected chi connectivity index (χ3v) is 5.50. The highest BCUT2D eigenvalue weighted by Crippen LogP contribution is 2.35. The maximum Gasteiger partial charge on any atom is 0.238 e. The molecule has 1 aliphatic rings. The average Bonchev–Trinajstić information content (AvgIpc) is 2.68. The van der Waals surface area contributed by atoms with E-state index in [9.17, 15) is 14.9 Å². The summed E-state index contributed by atoms with van der Waals surface area (Å²) in [5.74, 6) is 0.889. The summed E-state index contributed by atoms with van der Waals surface area (Å²) in [7, 11) is 4.99. The third kappa shape index (κ3) is 5.46. The Labute approximate surface area is 167 Å². The van der Waals surface area contributed by atoms with Crippen molar-refractivity contribution in [3.8, 4) is 11.8 Å². The summed E-state index contributed by atoms with van der Waals surface area (Å²) >= 11 is 0. The van der Waals surface area contributed by atoms with Gasteiger partial charge in [-0.2, -0.15) is 5.26 Å². The van der Waals surface area contributed by atoms with Crippen LogP contribution in [0.25, 0.3) is 0 Å². The maximum absolute atomic E-state index is 12.7.